The summed E-state index contributed by atoms with van der Waals surface area (Å²) >= 11 is 1.52. The largest absolute Gasteiger partial charge is 0.338 e. The lowest BCUT2D eigenvalue weighted by atomic mass is 10.0. The Kier molecular flexibility index (Phi) is 7.51. The van der Waals surface area contributed by atoms with Gasteiger partial charge in [0.2, 0.25) is 5.91 Å². The monoisotopic (exact) mass is 359 g/mol. The van der Waals surface area contributed by atoms with E-state index in [2.05, 4.69) is 13.8 Å². The molecule has 0 saturated carbocycles. The summed E-state index contributed by atoms with van der Waals surface area (Å²) in [5.74, 6) is 0.480. The van der Waals surface area contributed by atoms with Gasteiger partial charge in [-0.25, -0.2) is 0 Å². The van der Waals surface area contributed by atoms with Crippen LogP contribution >= 0.6 is 23.7 Å². The van der Waals surface area contributed by atoms with Crippen LogP contribution in [0.15, 0.2) is 12.1 Å². The summed E-state index contributed by atoms with van der Waals surface area (Å²) in [5, 5.41) is 0. The first-order valence-corrected chi connectivity index (χ1v) is 8.60. The Bertz CT molecular complexity index is 539. The molecule has 1 saturated heterocycles. The Hall–Kier alpha value is -1.11. The van der Waals surface area contributed by atoms with E-state index in [1.165, 1.54) is 11.3 Å². The van der Waals surface area contributed by atoms with E-state index in [9.17, 15) is 9.59 Å². The van der Waals surface area contributed by atoms with Crippen LogP contribution in [0.1, 0.15) is 34.8 Å². The van der Waals surface area contributed by atoms with E-state index in [1.54, 1.807) is 4.90 Å². The molecule has 7 heteroatoms. The van der Waals surface area contributed by atoms with Crippen molar-refractivity contribution in [2.75, 3.05) is 26.2 Å². The van der Waals surface area contributed by atoms with E-state index < -0.39 is 6.04 Å². The van der Waals surface area contributed by atoms with Gasteiger partial charge in [0.15, 0.2) is 0 Å². The molecule has 0 bridgehead atoms. The van der Waals surface area contributed by atoms with E-state index in [0.717, 1.165) is 9.75 Å². The Morgan fingerprint density at radius 2 is 1.74 bits per heavy atom. The molecule has 1 aliphatic rings. The van der Waals surface area contributed by atoms with Crippen LogP contribution < -0.4 is 5.73 Å². The number of carbonyl (C=O) groups excluding carboxylic acids is 2. The zero-order valence-electron chi connectivity index (χ0n) is 13.9. The van der Waals surface area contributed by atoms with Crippen molar-refractivity contribution in [1.29, 1.82) is 0 Å². The molecular weight excluding hydrogens is 334 g/mol. The third-order valence-corrected chi connectivity index (χ3v) is 4.86. The fraction of sp³-hybridized carbons (Fsp3) is 0.625. The number of rotatable bonds is 4. The maximum Gasteiger partial charge on any atom is 0.264 e. The summed E-state index contributed by atoms with van der Waals surface area (Å²) in [6.07, 6.45) is 0.701. The Morgan fingerprint density at radius 3 is 2.22 bits per heavy atom. The van der Waals surface area contributed by atoms with Gasteiger partial charge in [-0.1, -0.05) is 13.8 Å². The number of hydrogen-bond acceptors (Lipinski definition) is 4. The standard InChI is InChI=1S/C16H25N3O2S.ClH/c1-11(2)10-13(17)15(20)18-6-8-19(9-7-18)16(21)14-5-4-12(3)22-14;/h4-5,11,13H,6-10,17H2,1-3H3;1H/t13-;/m0./s1. The molecule has 2 rings (SSSR count). The maximum atomic E-state index is 12.4. The van der Waals surface area contributed by atoms with Crippen molar-refractivity contribution in [2.24, 2.45) is 11.7 Å². The predicted molar refractivity (Wildman–Crippen MR) is 96.2 cm³/mol. The van der Waals surface area contributed by atoms with Crippen LogP contribution in [-0.2, 0) is 4.79 Å². The smallest absolute Gasteiger partial charge is 0.264 e. The van der Waals surface area contributed by atoms with Gasteiger partial charge < -0.3 is 15.5 Å². The summed E-state index contributed by atoms with van der Waals surface area (Å²) in [4.78, 5) is 30.2. The zero-order chi connectivity index (χ0) is 16.3. The second-order valence-electron chi connectivity index (χ2n) is 6.26. The summed E-state index contributed by atoms with van der Waals surface area (Å²) in [6, 6.07) is 3.41. The Labute approximate surface area is 148 Å². The van der Waals surface area contributed by atoms with Crippen LogP contribution in [0.2, 0.25) is 0 Å². The van der Waals surface area contributed by atoms with Gasteiger partial charge in [0.1, 0.15) is 0 Å². The number of piperazine rings is 1. The van der Waals surface area contributed by atoms with Crippen molar-refractivity contribution >= 4 is 35.6 Å². The van der Waals surface area contributed by atoms with Crippen molar-refractivity contribution in [1.82, 2.24) is 9.80 Å². The second kappa shape index (κ2) is 8.66. The highest BCUT2D eigenvalue weighted by Gasteiger charge is 2.28. The summed E-state index contributed by atoms with van der Waals surface area (Å²) < 4.78 is 0. The normalized spacial score (nSPS) is 16.2. The number of hydrogen-bond donors (Lipinski definition) is 1. The molecule has 2 amide bonds. The molecular formula is C16H26ClN3O2S. The molecule has 1 aliphatic heterocycles. The lowest BCUT2D eigenvalue weighted by Gasteiger charge is -2.36. The molecule has 2 heterocycles. The number of nitrogens with zero attached hydrogens (tertiary/aromatic N) is 2. The maximum absolute atomic E-state index is 12.4. The highest BCUT2D eigenvalue weighted by Crippen LogP contribution is 2.18. The molecule has 1 aromatic heterocycles. The molecule has 0 unspecified atom stereocenters. The van der Waals surface area contributed by atoms with Gasteiger partial charge in [0.05, 0.1) is 10.9 Å². The highest BCUT2D eigenvalue weighted by molar-refractivity contribution is 7.13. The first-order valence-electron chi connectivity index (χ1n) is 7.78. The molecule has 130 valence electrons. The highest BCUT2D eigenvalue weighted by atomic mass is 35.5. The molecule has 1 atom stereocenters. The van der Waals surface area contributed by atoms with Crippen molar-refractivity contribution in [3.63, 3.8) is 0 Å². The molecule has 0 aromatic carbocycles. The van der Waals surface area contributed by atoms with Crippen molar-refractivity contribution in [3.8, 4) is 0 Å². The first-order chi connectivity index (χ1) is 10.4. The van der Waals surface area contributed by atoms with E-state index in [-0.39, 0.29) is 24.2 Å². The molecule has 1 fully saturated rings. The predicted octanol–water partition coefficient (Wildman–Crippen LogP) is 2.14. The van der Waals surface area contributed by atoms with Crippen LogP contribution in [0.4, 0.5) is 0 Å². The van der Waals surface area contributed by atoms with E-state index in [0.29, 0.717) is 38.5 Å². The van der Waals surface area contributed by atoms with Crippen LogP contribution in [0.3, 0.4) is 0 Å². The van der Waals surface area contributed by atoms with Gasteiger partial charge in [0.25, 0.3) is 5.91 Å². The topological polar surface area (TPSA) is 66.6 Å². The molecule has 1 aromatic rings. The summed E-state index contributed by atoms with van der Waals surface area (Å²) in [5.41, 5.74) is 5.97. The van der Waals surface area contributed by atoms with Crippen molar-refractivity contribution in [3.05, 3.63) is 21.9 Å². The van der Waals surface area contributed by atoms with Gasteiger partial charge >= 0.3 is 0 Å². The summed E-state index contributed by atoms with van der Waals surface area (Å²) in [7, 11) is 0. The van der Waals surface area contributed by atoms with Gasteiger partial charge in [-0.2, -0.15) is 0 Å². The minimum absolute atomic E-state index is 0. The van der Waals surface area contributed by atoms with Gasteiger partial charge in [-0.05, 0) is 31.4 Å². The van der Waals surface area contributed by atoms with Crippen molar-refractivity contribution in [2.45, 2.75) is 33.2 Å². The fourth-order valence-electron chi connectivity index (χ4n) is 2.68. The van der Waals surface area contributed by atoms with Crippen LogP contribution in [0.25, 0.3) is 0 Å². The van der Waals surface area contributed by atoms with Gasteiger partial charge in [0, 0.05) is 31.1 Å². The number of halogens is 1. The number of thiophene rings is 1. The van der Waals surface area contributed by atoms with E-state index in [1.807, 2.05) is 24.0 Å². The first kappa shape index (κ1) is 19.9. The molecule has 0 radical (unpaired) electrons. The average molecular weight is 360 g/mol. The minimum Gasteiger partial charge on any atom is -0.338 e. The third-order valence-electron chi connectivity index (χ3n) is 3.87. The van der Waals surface area contributed by atoms with Gasteiger partial charge in [-0.3, -0.25) is 9.59 Å². The van der Waals surface area contributed by atoms with Gasteiger partial charge in [-0.15, -0.1) is 23.7 Å². The average Bonchev–Trinajstić information content (AvgIpc) is 2.91. The number of aryl methyl sites for hydroxylation is 1. The van der Waals surface area contributed by atoms with Crippen LogP contribution in [-0.4, -0.2) is 53.8 Å². The Morgan fingerprint density at radius 1 is 1.17 bits per heavy atom. The SMILES string of the molecule is Cc1ccc(C(=O)N2CCN(C(=O)[C@@H](N)CC(C)C)CC2)s1.Cl. The number of nitrogens with two attached hydrogens (primary N) is 1. The quantitative estimate of drug-likeness (QED) is 0.895. The fourth-order valence-corrected chi connectivity index (χ4v) is 3.51. The van der Waals surface area contributed by atoms with E-state index in [4.69, 9.17) is 5.73 Å². The van der Waals surface area contributed by atoms with Crippen LogP contribution in [0, 0.1) is 12.8 Å². The van der Waals surface area contributed by atoms with E-state index >= 15 is 0 Å². The molecule has 5 nitrogen and oxygen atoms in total. The minimum atomic E-state index is -0.429. The lowest BCUT2D eigenvalue weighted by Crippen LogP contribution is -2.54. The molecule has 0 aliphatic carbocycles. The number of carbonyl (C=O) groups is 2. The Balaban J connectivity index is 0.00000264. The zero-order valence-corrected chi connectivity index (χ0v) is 15.6. The summed E-state index contributed by atoms with van der Waals surface area (Å²) in [6.45, 7) is 8.42. The second-order valence-corrected chi connectivity index (χ2v) is 7.55. The number of amides is 2. The van der Waals surface area contributed by atoms with Crippen molar-refractivity contribution < 1.29 is 9.59 Å². The molecule has 2 N–H and O–H groups in total. The molecule has 0 spiro atoms. The molecule has 23 heavy (non-hydrogen) atoms. The third kappa shape index (κ3) is 5.19. The lowest BCUT2D eigenvalue weighted by molar-refractivity contribution is -0.134. The van der Waals surface area contributed by atoms with Crippen LogP contribution in [0.5, 0.6) is 0 Å².